The number of azo groups is 1. The fraction of sp³-hybridized carbons (Fsp3) is 0.217. The third kappa shape index (κ3) is 5.97. The summed E-state index contributed by atoms with van der Waals surface area (Å²) < 4.78 is 0. The van der Waals surface area contributed by atoms with Gasteiger partial charge in [0.2, 0.25) is 0 Å². The monoisotopic (exact) mass is 388 g/mol. The third-order valence-electron chi connectivity index (χ3n) is 4.79. The molecule has 0 unspecified atom stereocenters. The molecule has 0 amide bonds. The summed E-state index contributed by atoms with van der Waals surface area (Å²) in [4.78, 5) is 4.49. The van der Waals surface area contributed by atoms with Gasteiger partial charge in [0.05, 0.1) is 11.4 Å². The van der Waals surface area contributed by atoms with Gasteiger partial charge in [0.1, 0.15) is 0 Å². The van der Waals surface area contributed by atoms with E-state index < -0.39 is 0 Å². The van der Waals surface area contributed by atoms with Crippen molar-refractivity contribution in [3.05, 3.63) is 72.8 Å². The predicted molar refractivity (Wildman–Crippen MR) is 123 cm³/mol. The Morgan fingerprint density at radius 1 is 0.586 bits per heavy atom. The van der Waals surface area contributed by atoms with E-state index in [4.69, 9.17) is 11.5 Å². The highest BCUT2D eigenvalue weighted by Crippen LogP contribution is 2.22. The van der Waals surface area contributed by atoms with Crippen LogP contribution in [0.1, 0.15) is 6.42 Å². The van der Waals surface area contributed by atoms with E-state index in [0.29, 0.717) is 0 Å². The summed E-state index contributed by atoms with van der Waals surface area (Å²) in [7, 11) is 4.21. The van der Waals surface area contributed by atoms with Gasteiger partial charge < -0.3 is 21.3 Å². The smallest absolute Gasteiger partial charge is 0.0858 e. The highest BCUT2D eigenvalue weighted by molar-refractivity contribution is 5.54. The first-order chi connectivity index (χ1) is 14.0. The van der Waals surface area contributed by atoms with Crippen LogP contribution in [0.5, 0.6) is 0 Å². The Labute approximate surface area is 172 Å². The van der Waals surface area contributed by atoms with E-state index in [1.807, 2.05) is 48.5 Å². The van der Waals surface area contributed by atoms with Crippen LogP contribution in [0.4, 0.5) is 34.1 Å². The van der Waals surface area contributed by atoms with Gasteiger partial charge in [-0.25, -0.2) is 0 Å². The fourth-order valence-electron chi connectivity index (χ4n) is 2.96. The molecule has 6 heteroatoms. The average Bonchev–Trinajstić information content (AvgIpc) is 2.74. The molecule has 0 spiro atoms. The molecule has 29 heavy (non-hydrogen) atoms. The molecule has 4 N–H and O–H groups in total. The number of nitrogens with two attached hydrogens (primary N) is 2. The third-order valence-corrected chi connectivity index (χ3v) is 4.79. The van der Waals surface area contributed by atoms with Crippen LogP contribution in [0, 0.1) is 0 Å². The maximum Gasteiger partial charge on any atom is 0.0858 e. The lowest BCUT2D eigenvalue weighted by Crippen LogP contribution is -2.25. The van der Waals surface area contributed by atoms with Crippen LogP contribution in [0.25, 0.3) is 0 Å². The van der Waals surface area contributed by atoms with E-state index in [2.05, 4.69) is 58.4 Å². The fourth-order valence-corrected chi connectivity index (χ4v) is 2.96. The standard InChI is InChI=1S/C23H28N6/c1-28(22-12-6-19(25)7-13-22)16-3-17-29(2)23-14-10-21(11-15-23)27-26-20-8-4-18(24)5-9-20/h4-15H,3,16-17,24-25H2,1-2H3. The Bertz CT molecular complexity index is 917. The molecule has 0 saturated heterocycles. The Morgan fingerprint density at radius 2 is 0.931 bits per heavy atom. The van der Waals surface area contributed by atoms with Gasteiger partial charge in [-0.05, 0) is 79.2 Å². The Morgan fingerprint density at radius 3 is 1.38 bits per heavy atom. The maximum atomic E-state index is 5.75. The van der Waals surface area contributed by atoms with E-state index in [1.54, 1.807) is 0 Å². The van der Waals surface area contributed by atoms with Crippen LogP contribution in [-0.2, 0) is 0 Å². The van der Waals surface area contributed by atoms with Gasteiger partial charge in [0.15, 0.2) is 0 Å². The Hall–Kier alpha value is -3.54. The normalized spacial score (nSPS) is 11.0. The minimum absolute atomic E-state index is 0.719. The second-order valence-electron chi connectivity index (χ2n) is 7.10. The number of hydrogen-bond acceptors (Lipinski definition) is 6. The van der Waals surface area contributed by atoms with E-state index in [-0.39, 0.29) is 0 Å². The molecule has 6 nitrogen and oxygen atoms in total. The van der Waals surface area contributed by atoms with Crippen molar-refractivity contribution in [2.24, 2.45) is 10.2 Å². The number of rotatable bonds is 8. The first kappa shape index (κ1) is 20.2. The van der Waals surface area contributed by atoms with Gasteiger partial charge in [0, 0.05) is 49.9 Å². The van der Waals surface area contributed by atoms with Crippen LogP contribution in [0.2, 0.25) is 0 Å². The van der Waals surface area contributed by atoms with Crippen LogP contribution >= 0.6 is 0 Å². The first-order valence-corrected chi connectivity index (χ1v) is 9.66. The summed E-state index contributed by atoms with van der Waals surface area (Å²) in [6, 6.07) is 23.4. The summed E-state index contributed by atoms with van der Waals surface area (Å²) in [5, 5.41) is 8.52. The molecular weight excluding hydrogens is 360 g/mol. The van der Waals surface area contributed by atoms with Crippen molar-refractivity contribution in [2.45, 2.75) is 6.42 Å². The van der Waals surface area contributed by atoms with Crippen molar-refractivity contribution in [2.75, 3.05) is 48.5 Å². The molecular formula is C23H28N6. The molecule has 0 radical (unpaired) electrons. The summed E-state index contributed by atoms with van der Waals surface area (Å²) in [6.45, 7) is 1.94. The lowest BCUT2D eigenvalue weighted by molar-refractivity contribution is 0.763. The molecule has 0 aliphatic heterocycles. The molecule has 0 atom stereocenters. The molecule has 150 valence electrons. The number of anilines is 4. The van der Waals surface area contributed by atoms with Crippen molar-refractivity contribution < 1.29 is 0 Å². The number of nitrogens with zero attached hydrogens (tertiary/aromatic N) is 4. The predicted octanol–water partition coefficient (Wildman–Crippen LogP) is 5.23. The molecule has 0 heterocycles. The SMILES string of the molecule is CN(CCCN(C)c1ccc(N=Nc2ccc(N)cc2)cc1)c1ccc(N)cc1. The maximum absolute atomic E-state index is 5.75. The van der Waals surface area contributed by atoms with Gasteiger partial charge in [-0.2, -0.15) is 10.2 Å². The quantitative estimate of drug-likeness (QED) is 0.409. The van der Waals surface area contributed by atoms with Gasteiger partial charge in [-0.15, -0.1) is 0 Å². The highest BCUT2D eigenvalue weighted by Gasteiger charge is 2.04. The lowest BCUT2D eigenvalue weighted by atomic mass is 10.2. The second kappa shape index (κ2) is 9.59. The van der Waals surface area contributed by atoms with Crippen LogP contribution < -0.4 is 21.3 Å². The molecule has 0 aliphatic rings. The summed E-state index contributed by atoms with van der Waals surface area (Å²) in [6.07, 6.45) is 1.05. The zero-order valence-electron chi connectivity index (χ0n) is 17.0. The van der Waals surface area contributed by atoms with Gasteiger partial charge >= 0.3 is 0 Å². The molecule has 0 aromatic heterocycles. The average molecular weight is 389 g/mol. The molecule has 0 saturated carbocycles. The minimum atomic E-state index is 0.719. The zero-order valence-corrected chi connectivity index (χ0v) is 17.0. The summed E-state index contributed by atoms with van der Waals surface area (Å²) >= 11 is 0. The number of benzene rings is 3. The van der Waals surface area contributed by atoms with E-state index in [1.165, 1.54) is 5.69 Å². The lowest BCUT2D eigenvalue weighted by Gasteiger charge is -2.23. The highest BCUT2D eigenvalue weighted by atomic mass is 15.1. The van der Waals surface area contributed by atoms with Crippen molar-refractivity contribution in [1.82, 2.24) is 0 Å². The summed E-state index contributed by atoms with van der Waals surface area (Å²) in [5.41, 5.74) is 16.9. The van der Waals surface area contributed by atoms with Crippen molar-refractivity contribution >= 4 is 34.1 Å². The molecule has 3 rings (SSSR count). The van der Waals surface area contributed by atoms with Crippen LogP contribution in [0.3, 0.4) is 0 Å². The number of nitrogen functional groups attached to an aromatic ring is 2. The van der Waals surface area contributed by atoms with Crippen molar-refractivity contribution in [3.8, 4) is 0 Å². The summed E-state index contributed by atoms with van der Waals surface area (Å²) in [5.74, 6) is 0. The minimum Gasteiger partial charge on any atom is -0.399 e. The van der Waals surface area contributed by atoms with Crippen molar-refractivity contribution in [3.63, 3.8) is 0 Å². The Kier molecular flexibility index (Phi) is 6.68. The first-order valence-electron chi connectivity index (χ1n) is 9.66. The molecule has 0 bridgehead atoms. The molecule has 3 aromatic carbocycles. The van der Waals surface area contributed by atoms with E-state index >= 15 is 0 Å². The molecule has 3 aromatic rings. The van der Waals surface area contributed by atoms with Crippen LogP contribution in [-0.4, -0.2) is 27.2 Å². The zero-order chi connectivity index (χ0) is 20.6. The van der Waals surface area contributed by atoms with Crippen LogP contribution in [0.15, 0.2) is 83.0 Å². The van der Waals surface area contributed by atoms with Gasteiger partial charge in [-0.3, -0.25) is 0 Å². The Balaban J connectivity index is 1.48. The molecule has 0 aliphatic carbocycles. The van der Waals surface area contributed by atoms with Crippen molar-refractivity contribution in [1.29, 1.82) is 0 Å². The van der Waals surface area contributed by atoms with Gasteiger partial charge in [-0.1, -0.05) is 0 Å². The van der Waals surface area contributed by atoms with Gasteiger partial charge in [0.25, 0.3) is 0 Å². The topological polar surface area (TPSA) is 83.2 Å². The van der Waals surface area contributed by atoms with E-state index in [9.17, 15) is 0 Å². The number of hydrogen-bond donors (Lipinski definition) is 2. The van der Waals surface area contributed by atoms with E-state index in [0.717, 1.165) is 47.9 Å². The second-order valence-corrected chi connectivity index (χ2v) is 7.10. The molecule has 0 fully saturated rings. The largest absolute Gasteiger partial charge is 0.399 e.